The lowest BCUT2D eigenvalue weighted by atomic mass is 10.2. The zero-order chi connectivity index (χ0) is 19.2. The van der Waals surface area contributed by atoms with Crippen LogP contribution >= 0.6 is 11.6 Å². The summed E-state index contributed by atoms with van der Waals surface area (Å²) in [5.74, 6) is 0.638. The molecule has 0 fully saturated rings. The number of halogens is 1. The van der Waals surface area contributed by atoms with Gasteiger partial charge in [-0.15, -0.1) is 0 Å². The summed E-state index contributed by atoms with van der Waals surface area (Å²) in [6.45, 7) is 2.27. The highest BCUT2D eigenvalue weighted by Crippen LogP contribution is 2.32. The van der Waals surface area contributed by atoms with Gasteiger partial charge in [-0.2, -0.15) is 19.2 Å². The van der Waals surface area contributed by atoms with Gasteiger partial charge >= 0.3 is 0 Å². The molecule has 11 heteroatoms. The number of H-pyrrole nitrogens is 1. The molecule has 0 atom stereocenters. The fraction of sp³-hybridized carbons (Fsp3) is 0.188. The number of nitrogens with one attached hydrogen (secondary N) is 2. The maximum Gasteiger partial charge on any atom is 0.251 e. The molecule has 27 heavy (non-hydrogen) atoms. The standard InChI is InChI=1S/C16H15ClN6O3S/c1-3-26-15-13-10(17)8-18-14(13)21-16(22-15)20-11-5-4-6-12-9(11)7-19-23(12)27(2,24)25/h4-8H,3H2,1-2H3,(H2,18,20,21,22). The van der Waals surface area contributed by atoms with Crippen molar-refractivity contribution in [3.8, 4) is 5.88 Å². The number of fused-ring (bicyclic) bond motifs is 2. The fourth-order valence-corrected chi connectivity index (χ4v) is 3.74. The van der Waals surface area contributed by atoms with E-state index >= 15 is 0 Å². The molecule has 9 nitrogen and oxygen atoms in total. The van der Waals surface area contributed by atoms with Gasteiger partial charge in [-0.05, 0) is 19.1 Å². The SMILES string of the molecule is CCOc1nc(Nc2cccc3c2cnn3S(C)(=O)=O)nc2[nH]cc(Cl)c12. The number of rotatable bonds is 5. The van der Waals surface area contributed by atoms with Crippen molar-refractivity contribution in [3.63, 3.8) is 0 Å². The van der Waals surface area contributed by atoms with E-state index < -0.39 is 10.0 Å². The quantitative estimate of drug-likeness (QED) is 0.523. The van der Waals surface area contributed by atoms with Crippen molar-refractivity contribution < 1.29 is 13.2 Å². The van der Waals surface area contributed by atoms with E-state index in [1.165, 1.54) is 6.20 Å². The van der Waals surface area contributed by atoms with E-state index in [4.69, 9.17) is 16.3 Å². The lowest BCUT2D eigenvalue weighted by Crippen LogP contribution is -2.11. The predicted octanol–water partition coefficient (Wildman–Crippen LogP) is 2.91. The van der Waals surface area contributed by atoms with Gasteiger partial charge in [0.05, 0.1) is 40.7 Å². The molecule has 1 aromatic carbocycles. The summed E-state index contributed by atoms with van der Waals surface area (Å²) in [5, 5.41) is 8.76. The number of aromatic amines is 1. The van der Waals surface area contributed by atoms with Crippen molar-refractivity contribution in [2.75, 3.05) is 18.2 Å². The summed E-state index contributed by atoms with van der Waals surface area (Å²) < 4.78 is 30.3. The Labute approximate surface area is 159 Å². The molecule has 0 aliphatic carbocycles. The van der Waals surface area contributed by atoms with Crippen LogP contribution in [0.25, 0.3) is 21.9 Å². The Morgan fingerprint density at radius 3 is 2.89 bits per heavy atom. The molecule has 3 heterocycles. The molecule has 0 radical (unpaired) electrons. The minimum Gasteiger partial charge on any atom is -0.477 e. The summed E-state index contributed by atoms with van der Waals surface area (Å²) in [6, 6.07) is 5.18. The summed E-state index contributed by atoms with van der Waals surface area (Å²) in [6.07, 6.45) is 4.19. The number of aromatic nitrogens is 5. The smallest absolute Gasteiger partial charge is 0.251 e. The maximum absolute atomic E-state index is 11.9. The van der Waals surface area contributed by atoms with Crippen molar-refractivity contribution in [1.82, 2.24) is 24.1 Å². The summed E-state index contributed by atoms with van der Waals surface area (Å²) in [7, 11) is -3.51. The van der Waals surface area contributed by atoms with Crippen LogP contribution in [-0.2, 0) is 10.0 Å². The molecule has 0 bridgehead atoms. The van der Waals surface area contributed by atoms with Crippen LogP contribution in [0.4, 0.5) is 11.6 Å². The molecular formula is C16H15ClN6O3S. The van der Waals surface area contributed by atoms with Crippen LogP contribution in [0.2, 0.25) is 5.02 Å². The van der Waals surface area contributed by atoms with Crippen LogP contribution in [0.3, 0.4) is 0 Å². The van der Waals surface area contributed by atoms with Gasteiger partial charge in [-0.3, -0.25) is 0 Å². The Hall–Kier alpha value is -2.85. The van der Waals surface area contributed by atoms with Crippen molar-refractivity contribution in [1.29, 1.82) is 0 Å². The Bertz CT molecular complexity index is 1260. The molecule has 0 unspecified atom stereocenters. The number of ether oxygens (including phenoxy) is 1. The summed E-state index contributed by atoms with van der Waals surface area (Å²) in [5.41, 5.74) is 1.60. The molecule has 3 aromatic heterocycles. The third-order valence-electron chi connectivity index (χ3n) is 3.87. The van der Waals surface area contributed by atoms with Crippen LogP contribution < -0.4 is 10.1 Å². The van der Waals surface area contributed by atoms with E-state index in [9.17, 15) is 8.42 Å². The van der Waals surface area contributed by atoms with E-state index in [2.05, 4.69) is 25.4 Å². The molecule has 0 amide bonds. The van der Waals surface area contributed by atoms with E-state index in [0.29, 0.717) is 45.1 Å². The van der Waals surface area contributed by atoms with E-state index in [1.807, 2.05) is 6.92 Å². The van der Waals surface area contributed by atoms with Gasteiger partial charge in [0.25, 0.3) is 10.0 Å². The average Bonchev–Trinajstić information content (AvgIpc) is 3.20. The highest BCUT2D eigenvalue weighted by molar-refractivity contribution is 7.89. The first-order chi connectivity index (χ1) is 12.9. The molecule has 0 saturated heterocycles. The van der Waals surface area contributed by atoms with Crippen molar-refractivity contribution in [2.45, 2.75) is 6.92 Å². The van der Waals surface area contributed by atoms with Crippen LogP contribution in [0.1, 0.15) is 6.92 Å². The van der Waals surface area contributed by atoms with Gasteiger partial charge in [0.1, 0.15) is 5.65 Å². The Morgan fingerprint density at radius 2 is 2.15 bits per heavy atom. The monoisotopic (exact) mass is 406 g/mol. The van der Waals surface area contributed by atoms with Gasteiger partial charge in [-0.25, -0.2) is 8.42 Å². The van der Waals surface area contributed by atoms with Crippen molar-refractivity contribution >= 4 is 55.2 Å². The lowest BCUT2D eigenvalue weighted by Gasteiger charge is -2.09. The third kappa shape index (κ3) is 3.06. The van der Waals surface area contributed by atoms with Crippen LogP contribution in [0, 0.1) is 0 Å². The lowest BCUT2D eigenvalue weighted by molar-refractivity contribution is 0.331. The number of anilines is 2. The zero-order valence-corrected chi connectivity index (χ0v) is 16.0. The molecular weight excluding hydrogens is 392 g/mol. The minimum atomic E-state index is -3.51. The zero-order valence-electron chi connectivity index (χ0n) is 14.4. The Morgan fingerprint density at radius 1 is 1.33 bits per heavy atom. The van der Waals surface area contributed by atoms with E-state index in [0.717, 1.165) is 10.3 Å². The number of nitrogens with zero attached hydrogens (tertiary/aromatic N) is 4. The van der Waals surface area contributed by atoms with Crippen LogP contribution in [0.5, 0.6) is 5.88 Å². The first kappa shape index (κ1) is 17.6. The van der Waals surface area contributed by atoms with E-state index in [-0.39, 0.29) is 5.95 Å². The largest absolute Gasteiger partial charge is 0.477 e. The average molecular weight is 407 g/mol. The first-order valence-electron chi connectivity index (χ1n) is 8.00. The Kier molecular flexibility index (Phi) is 4.16. The highest BCUT2D eigenvalue weighted by Gasteiger charge is 2.17. The van der Waals surface area contributed by atoms with Gasteiger partial charge in [0, 0.05) is 11.6 Å². The minimum absolute atomic E-state index is 0.282. The molecule has 0 aliphatic rings. The highest BCUT2D eigenvalue weighted by atomic mass is 35.5. The molecule has 0 spiro atoms. The molecule has 0 aliphatic heterocycles. The normalized spacial score (nSPS) is 12.0. The van der Waals surface area contributed by atoms with Crippen LogP contribution in [0.15, 0.2) is 30.6 Å². The summed E-state index contributed by atoms with van der Waals surface area (Å²) in [4.78, 5) is 11.8. The van der Waals surface area contributed by atoms with Gasteiger partial charge in [0.2, 0.25) is 11.8 Å². The van der Waals surface area contributed by atoms with Crippen molar-refractivity contribution in [2.24, 2.45) is 0 Å². The van der Waals surface area contributed by atoms with Crippen molar-refractivity contribution in [3.05, 3.63) is 35.6 Å². The van der Waals surface area contributed by atoms with Gasteiger partial charge < -0.3 is 15.0 Å². The molecule has 140 valence electrons. The summed E-state index contributed by atoms with van der Waals surface area (Å²) >= 11 is 6.17. The fourth-order valence-electron chi connectivity index (χ4n) is 2.78. The Balaban J connectivity index is 1.82. The topological polar surface area (TPSA) is 115 Å². The maximum atomic E-state index is 11.9. The van der Waals surface area contributed by atoms with Gasteiger partial charge in [0.15, 0.2) is 0 Å². The second-order valence-corrected chi connectivity index (χ2v) is 7.98. The number of hydrogen-bond acceptors (Lipinski definition) is 7. The second-order valence-electron chi connectivity index (χ2n) is 5.76. The van der Waals surface area contributed by atoms with Crippen LogP contribution in [-0.4, -0.2) is 45.4 Å². The molecule has 2 N–H and O–H groups in total. The molecule has 4 aromatic rings. The number of hydrogen-bond donors (Lipinski definition) is 2. The van der Waals surface area contributed by atoms with Gasteiger partial charge in [-0.1, -0.05) is 17.7 Å². The second kappa shape index (κ2) is 6.39. The molecule has 0 saturated carbocycles. The first-order valence-corrected chi connectivity index (χ1v) is 10.2. The molecule has 4 rings (SSSR count). The predicted molar refractivity (Wildman–Crippen MR) is 103 cm³/mol. The third-order valence-corrected chi connectivity index (χ3v) is 5.09. The van der Waals surface area contributed by atoms with E-state index in [1.54, 1.807) is 24.4 Å². The number of benzene rings is 1.